The molecule has 3 unspecified atom stereocenters. The van der Waals surface area contributed by atoms with Gasteiger partial charge in [-0.2, -0.15) is 0 Å². The number of ether oxygens (including phenoxy) is 3. The number of piperidine rings is 1. The summed E-state index contributed by atoms with van der Waals surface area (Å²) in [5.41, 5.74) is 2.95. The SMILES string of the molecule is COc1ccc2c(c1)c1c(c3cc(OC)c(OC)cc32)CN2CC3CC3CC2C1. The van der Waals surface area contributed by atoms with Crippen LogP contribution in [0.2, 0.25) is 0 Å². The smallest absolute Gasteiger partial charge is 0.161 e. The predicted octanol–water partition coefficient (Wildman–Crippen LogP) is 4.79. The normalized spacial score (nSPS) is 25.3. The standard InChI is InChI=1S/C25H27NO3/c1-27-17-4-5-18-20(9-17)19-8-16-7-14-6-15(14)12-26(16)13-23(19)22-11-25(29-3)24(28-2)10-21(18)22/h4-5,9-11,14-16H,6-8,12-13H2,1-3H3. The van der Waals surface area contributed by atoms with E-state index in [1.54, 1.807) is 21.3 Å². The molecule has 0 amide bonds. The molecule has 1 aliphatic carbocycles. The Balaban J connectivity index is 1.65. The summed E-state index contributed by atoms with van der Waals surface area (Å²) >= 11 is 0. The molecule has 1 saturated carbocycles. The van der Waals surface area contributed by atoms with Gasteiger partial charge < -0.3 is 14.2 Å². The molecule has 4 nitrogen and oxygen atoms in total. The van der Waals surface area contributed by atoms with Gasteiger partial charge in [-0.1, -0.05) is 6.07 Å². The molecule has 2 heterocycles. The first-order valence-electron chi connectivity index (χ1n) is 10.6. The van der Waals surface area contributed by atoms with Gasteiger partial charge in [-0.25, -0.2) is 0 Å². The molecule has 3 atom stereocenters. The lowest BCUT2D eigenvalue weighted by molar-refractivity contribution is 0.122. The summed E-state index contributed by atoms with van der Waals surface area (Å²) in [6, 6.07) is 11.5. The van der Waals surface area contributed by atoms with E-state index in [-0.39, 0.29) is 0 Å². The van der Waals surface area contributed by atoms with Crippen molar-refractivity contribution in [2.45, 2.75) is 31.8 Å². The van der Waals surface area contributed by atoms with Gasteiger partial charge in [0.1, 0.15) is 5.75 Å². The second-order valence-corrected chi connectivity index (χ2v) is 8.90. The molecule has 0 N–H and O–H groups in total. The fraction of sp³-hybridized carbons (Fsp3) is 0.440. The Hall–Kier alpha value is -2.46. The quantitative estimate of drug-likeness (QED) is 0.603. The van der Waals surface area contributed by atoms with Crippen LogP contribution in [0.25, 0.3) is 21.5 Å². The Morgan fingerprint density at radius 1 is 0.759 bits per heavy atom. The lowest BCUT2D eigenvalue weighted by Gasteiger charge is -2.41. The van der Waals surface area contributed by atoms with Crippen molar-refractivity contribution in [1.29, 1.82) is 0 Å². The first kappa shape index (κ1) is 17.4. The molecule has 2 aliphatic heterocycles. The van der Waals surface area contributed by atoms with Crippen LogP contribution < -0.4 is 14.2 Å². The van der Waals surface area contributed by atoms with Crippen LogP contribution in [0.1, 0.15) is 24.0 Å². The highest BCUT2D eigenvalue weighted by molar-refractivity contribution is 6.12. The highest BCUT2D eigenvalue weighted by Crippen LogP contribution is 2.51. The van der Waals surface area contributed by atoms with E-state index in [1.165, 1.54) is 52.1 Å². The molecule has 3 aliphatic rings. The summed E-state index contributed by atoms with van der Waals surface area (Å²) in [6.07, 6.45) is 3.93. The van der Waals surface area contributed by atoms with Crippen molar-refractivity contribution in [2.24, 2.45) is 11.8 Å². The average Bonchev–Trinajstić information content (AvgIpc) is 3.53. The van der Waals surface area contributed by atoms with Crippen molar-refractivity contribution in [3.05, 3.63) is 41.5 Å². The Bertz CT molecular complexity index is 1140. The lowest BCUT2D eigenvalue weighted by atomic mass is 9.82. The van der Waals surface area contributed by atoms with Gasteiger partial charge in [-0.05, 0) is 88.0 Å². The van der Waals surface area contributed by atoms with Crippen molar-refractivity contribution >= 4 is 21.5 Å². The number of benzene rings is 3. The fourth-order valence-corrected chi connectivity index (χ4v) is 5.84. The van der Waals surface area contributed by atoms with Crippen molar-refractivity contribution in [2.75, 3.05) is 27.9 Å². The molecule has 4 heteroatoms. The summed E-state index contributed by atoms with van der Waals surface area (Å²) in [6.45, 7) is 2.29. The largest absolute Gasteiger partial charge is 0.497 e. The first-order valence-corrected chi connectivity index (χ1v) is 10.6. The molecule has 29 heavy (non-hydrogen) atoms. The van der Waals surface area contributed by atoms with Crippen molar-refractivity contribution in [3.8, 4) is 17.2 Å². The average molecular weight is 389 g/mol. The summed E-state index contributed by atoms with van der Waals surface area (Å²) < 4.78 is 16.9. The van der Waals surface area contributed by atoms with E-state index in [0.29, 0.717) is 6.04 Å². The Morgan fingerprint density at radius 2 is 1.52 bits per heavy atom. The molecular formula is C25H27NO3. The van der Waals surface area contributed by atoms with E-state index in [9.17, 15) is 0 Å². The van der Waals surface area contributed by atoms with E-state index >= 15 is 0 Å². The molecule has 2 fully saturated rings. The van der Waals surface area contributed by atoms with Gasteiger partial charge in [0.2, 0.25) is 0 Å². The third-order valence-corrected chi connectivity index (χ3v) is 7.49. The Kier molecular flexibility index (Phi) is 3.76. The topological polar surface area (TPSA) is 30.9 Å². The maximum absolute atomic E-state index is 5.66. The summed E-state index contributed by atoms with van der Waals surface area (Å²) in [5.74, 6) is 4.42. The monoisotopic (exact) mass is 389 g/mol. The van der Waals surface area contributed by atoms with Crippen LogP contribution in [0.4, 0.5) is 0 Å². The summed E-state index contributed by atoms with van der Waals surface area (Å²) in [7, 11) is 5.17. The molecule has 3 aromatic rings. The van der Waals surface area contributed by atoms with Gasteiger partial charge in [-0.15, -0.1) is 0 Å². The van der Waals surface area contributed by atoms with Gasteiger partial charge in [0.25, 0.3) is 0 Å². The minimum atomic E-state index is 0.679. The van der Waals surface area contributed by atoms with Gasteiger partial charge >= 0.3 is 0 Å². The molecule has 150 valence electrons. The number of hydrogen-bond acceptors (Lipinski definition) is 4. The van der Waals surface area contributed by atoms with Crippen molar-refractivity contribution in [3.63, 3.8) is 0 Å². The summed E-state index contributed by atoms with van der Waals surface area (Å²) in [5, 5.41) is 5.14. The fourth-order valence-electron chi connectivity index (χ4n) is 5.84. The van der Waals surface area contributed by atoms with Crippen LogP contribution in [0, 0.1) is 11.8 Å². The minimum Gasteiger partial charge on any atom is -0.497 e. The zero-order valence-corrected chi connectivity index (χ0v) is 17.3. The van der Waals surface area contributed by atoms with Gasteiger partial charge in [-0.3, -0.25) is 4.90 Å². The van der Waals surface area contributed by atoms with Gasteiger partial charge in [0.15, 0.2) is 11.5 Å². The van der Waals surface area contributed by atoms with Crippen LogP contribution in [0.15, 0.2) is 30.3 Å². The second kappa shape index (κ2) is 6.27. The minimum absolute atomic E-state index is 0.679. The van der Waals surface area contributed by atoms with Crippen molar-refractivity contribution < 1.29 is 14.2 Å². The van der Waals surface area contributed by atoms with Crippen LogP contribution in [-0.2, 0) is 13.0 Å². The van der Waals surface area contributed by atoms with Crippen LogP contribution in [-0.4, -0.2) is 38.8 Å². The van der Waals surface area contributed by atoms with E-state index < -0.39 is 0 Å². The van der Waals surface area contributed by atoms with Crippen LogP contribution in [0.3, 0.4) is 0 Å². The number of nitrogens with zero attached hydrogens (tertiary/aromatic N) is 1. The van der Waals surface area contributed by atoms with Gasteiger partial charge in [0, 0.05) is 19.1 Å². The zero-order chi connectivity index (χ0) is 19.7. The Labute approximate surface area is 171 Å². The number of hydrogen-bond donors (Lipinski definition) is 0. The molecule has 0 radical (unpaired) electrons. The van der Waals surface area contributed by atoms with E-state index in [1.807, 2.05) is 0 Å². The maximum atomic E-state index is 5.66. The maximum Gasteiger partial charge on any atom is 0.161 e. The molecule has 3 aromatic carbocycles. The third-order valence-electron chi connectivity index (χ3n) is 7.49. The predicted molar refractivity (Wildman–Crippen MR) is 115 cm³/mol. The zero-order valence-electron chi connectivity index (χ0n) is 17.3. The van der Waals surface area contributed by atoms with Crippen LogP contribution >= 0.6 is 0 Å². The molecule has 6 rings (SSSR count). The highest BCUT2D eigenvalue weighted by Gasteiger charge is 2.47. The van der Waals surface area contributed by atoms with Crippen molar-refractivity contribution in [1.82, 2.24) is 4.90 Å². The molecule has 0 spiro atoms. The molecule has 1 saturated heterocycles. The second-order valence-electron chi connectivity index (χ2n) is 8.90. The first-order chi connectivity index (χ1) is 14.2. The number of fused-ring (bicyclic) bond motifs is 8. The lowest BCUT2D eigenvalue weighted by Crippen LogP contribution is -2.44. The van der Waals surface area contributed by atoms with Crippen LogP contribution in [0.5, 0.6) is 17.2 Å². The van der Waals surface area contributed by atoms with E-state index in [2.05, 4.69) is 35.2 Å². The summed E-state index contributed by atoms with van der Waals surface area (Å²) in [4.78, 5) is 2.73. The van der Waals surface area contributed by atoms with E-state index in [4.69, 9.17) is 14.2 Å². The highest BCUT2D eigenvalue weighted by atomic mass is 16.5. The Morgan fingerprint density at radius 3 is 2.28 bits per heavy atom. The van der Waals surface area contributed by atoms with Gasteiger partial charge in [0.05, 0.1) is 21.3 Å². The van der Waals surface area contributed by atoms with E-state index in [0.717, 1.165) is 42.0 Å². The molecule has 0 bridgehead atoms. The number of methoxy groups -OCH3 is 3. The third kappa shape index (κ3) is 2.55. The number of rotatable bonds is 3. The molecule has 0 aromatic heterocycles. The molecular weight excluding hydrogens is 362 g/mol.